The van der Waals surface area contributed by atoms with E-state index in [1.807, 2.05) is 36.5 Å². The summed E-state index contributed by atoms with van der Waals surface area (Å²) in [6.45, 7) is 0. The highest BCUT2D eigenvalue weighted by atomic mass is 79.9. The number of hydrogen-bond acceptors (Lipinski definition) is 3. The predicted molar refractivity (Wildman–Crippen MR) is 114 cm³/mol. The summed E-state index contributed by atoms with van der Waals surface area (Å²) in [4.78, 5) is 7.97. The number of nitrogens with one attached hydrogen (secondary N) is 1. The minimum atomic E-state index is 0.00268. The van der Waals surface area contributed by atoms with Crippen LogP contribution >= 0.6 is 55.4 Å². The molecule has 7 heteroatoms. The second-order valence-corrected chi connectivity index (χ2v) is 9.41. The number of pyridine rings is 1. The number of thiophene rings is 1. The molecule has 126 valence electrons. The fourth-order valence-electron chi connectivity index (χ4n) is 3.01. The molecule has 1 fully saturated rings. The molecule has 4 rings (SSSR count). The van der Waals surface area contributed by atoms with Gasteiger partial charge >= 0.3 is 0 Å². The Kier molecular flexibility index (Phi) is 4.90. The number of halogens is 2. The highest BCUT2D eigenvalue weighted by Gasteiger charge is 2.41. The molecule has 1 saturated heterocycles. The minimum absolute atomic E-state index is 0.00268. The first-order valence-electron chi connectivity index (χ1n) is 7.65. The third-order valence-electron chi connectivity index (χ3n) is 4.09. The van der Waals surface area contributed by atoms with Crippen LogP contribution in [0.3, 0.4) is 0 Å². The van der Waals surface area contributed by atoms with Gasteiger partial charge in [-0.3, -0.25) is 4.98 Å². The first-order valence-corrected chi connectivity index (χ1v) is 10.5. The fraction of sp³-hybridized carbons (Fsp3) is 0.111. The van der Waals surface area contributed by atoms with Crippen LogP contribution in [0.4, 0.5) is 5.69 Å². The summed E-state index contributed by atoms with van der Waals surface area (Å²) in [5.41, 5.74) is 2.05. The van der Waals surface area contributed by atoms with Crippen LogP contribution in [-0.4, -0.2) is 10.1 Å². The van der Waals surface area contributed by atoms with E-state index in [0.29, 0.717) is 5.11 Å². The molecule has 25 heavy (non-hydrogen) atoms. The Bertz CT molecular complexity index is 896. The zero-order valence-corrected chi connectivity index (χ0v) is 17.7. The van der Waals surface area contributed by atoms with Gasteiger partial charge < -0.3 is 10.2 Å². The monoisotopic (exact) mass is 493 g/mol. The second-order valence-electron chi connectivity index (χ2n) is 5.61. The molecule has 0 amide bonds. The third-order valence-corrected chi connectivity index (χ3v) is 6.63. The van der Waals surface area contributed by atoms with Crippen molar-refractivity contribution in [1.82, 2.24) is 10.3 Å². The van der Waals surface area contributed by atoms with Crippen molar-refractivity contribution in [1.29, 1.82) is 0 Å². The van der Waals surface area contributed by atoms with E-state index in [1.54, 1.807) is 11.3 Å². The van der Waals surface area contributed by atoms with Gasteiger partial charge in [0.2, 0.25) is 0 Å². The fourth-order valence-corrected chi connectivity index (χ4v) is 5.17. The van der Waals surface area contributed by atoms with Crippen LogP contribution in [0.1, 0.15) is 22.7 Å². The first kappa shape index (κ1) is 17.1. The van der Waals surface area contributed by atoms with Crippen molar-refractivity contribution in [2.45, 2.75) is 12.1 Å². The number of aromatic nitrogens is 1. The molecular formula is C18H13Br2N3S2. The Balaban J connectivity index is 1.81. The van der Waals surface area contributed by atoms with Gasteiger partial charge in [-0.25, -0.2) is 0 Å². The maximum Gasteiger partial charge on any atom is 0.174 e. The number of nitrogens with zero attached hydrogens (tertiary/aromatic N) is 2. The van der Waals surface area contributed by atoms with Crippen molar-refractivity contribution < 1.29 is 0 Å². The molecule has 1 aliphatic rings. The first-order chi connectivity index (χ1) is 12.1. The summed E-state index contributed by atoms with van der Waals surface area (Å²) in [5, 5.41) is 4.18. The van der Waals surface area contributed by atoms with Crippen molar-refractivity contribution in [3.63, 3.8) is 0 Å². The molecule has 1 aromatic carbocycles. The molecule has 3 nitrogen and oxygen atoms in total. The average molecular weight is 495 g/mol. The summed E-state index contributed by atoms with van der Waals surface area (Å²) in [5.74, 6) is 0. The zero-order valence-electron chi connectivity index (χ0n) is 12.9. The Morgan fingerprint density at radius 3 is 2.48 bits per heavy atom. The van der Waals surface area contributed by atoms with E-state index in [2.05, 4.69) is 71.3 Å². The smallest absolute Gasteiger partial charge is 0.174 e. The molecule has 0 saturated carbocycles. The van der Waals surface area contributed by atoms with Crippen LogP contribution in [0.2, 0.25) is 0 Å². The molecule has 1 N–H and O–H groups in total. The Hall–Kier alpha value is -1.28. The van der Waals surface area contributed by atoms with Crippen LogP contribution < -0.4 is 10.2 Å². The summed E-state index contributed by atoms with van der Waals surface area (Å²) in [7, 11) is 0. The van der Waals surface area contributed by atoms with Gasteiger partial charge in [-0.15, -0.1) is 11.3 Å². The number of thiocarbonyl (C=S) groups is 1. The number of anilines is 1. The molecule has 0 aliphatic carbocycles. The molecule has 2 aromatic heterocycles. The number of rotatable bonds is 3. The van der Waals surface area contributed by atoms with Crippen LogP contribution in [0, 0.1) is 0 Å². The molecule has 0 spiro atoms. The van der Waals surface area contributed by atoms with Crippen LogP contribution in [0.25, 0.3) is 0 Å². The van der Waals surface area contributed by atoms with Crippen LogP contribution in [-0.2, 0) is 0 Å². The maximum absolute atomic E-state index is 5.68. The van der Waals surface area contributed by atoms with Crippen LogP contribution in [0.5, 0.6) is 0 Å². The quantitative estimate of drug-likeness (QED) is 0.462. The van der Waals surface area contributed by atoms with Crippen molar-refractivity contribution in [2.24, 2.45) is 0 Å². The second kappa shape index (κ2) is 7.15. The summed E-state index contributed by atoms with van der Waals surface area (Å²) in [6, 6.07) is 18.5. The molecule has 0 bridgehead atoms. The van der Waals surface area contributed by atoms with E-state index in [4.69, 9.17) is 12.2 Å². The van der Waals surface area contributed by atoms with Gasteiger partial charge in [0.15, 0.2) is 5.11 Å². The lowest BCUT2D eigenvalue weighted by Gasteiger charge is -2.26. The van der Waals surface area contributed by atoms with Gasteiger partial charge in [-0.2, -0.15) is 0 Å². The zero-order chi connectivity index (χ0) is 17.4. The molecule has 3 heterocycles. The summed E-state index contributed by atoms with van der Waals surface area (Å²) < 4.78 is 2.15. The van der Waals surface area contributed by atoms with Crippen molar-refractivity contribution in [3.05, 3.63) is 79.6 Å². The van der Waals surface area contributed by atoms with Gasteiger partial charge in [-0.05, 0) is 76.7 Å². The molecule has 2 atom stereocenters. The average Bonchev–Trinajstić information content (AvgIpc) is 3.20. The standard InChI is InChI=1S/C18H13Br2N3S2/c19-11-4-6-12(7-5-11)23-17(14-8-9-15(20)25-14)16(22-18(23)24)13-3-1-2-10-21-13/h1-10,16-17H,(H,22,24)/t16-,17+/m1/s1. The van der Waals surface area contributed by atoms with Crippen molar-refractivity contribution in [3.8, 4) is 0 Å². The van der Waals surface area contributed by atoms with E-state index < -0.39 is 0 Å². The Morgan fingerprint density at radius 2 is 1.84 bits per heavy atom. The van der Waals surface area contributed by atoms with Crippen molar-refractivity contribution >= 4 is 66.2 Å². The van der Waals surface area contributed by atoms with E-state index in [1.165, 1.54) is 4.88 Å². The minimum Gasteiger partial charge on any atom is -0.351 e. The Morgan fingerprint density at radius 1 is 1.04 bits per heavy atom. The SMILES string of the molecule is S=C1N[C@H](c2ccccn2)[C@H](c2ccc(Br)s2)N1c1ccc(Br)cc1. The van der Waals surface area contributed by atoms with E-state index in [0.717, 1.165) is 19.6 Å². The molecule has 3 aromatic rings. The summed E-state index contributed by atoms with van der Waals surface area (Å²) >= 11 is 14.5. The van der Waals surface area contributed by atoms with Crippen LogP contribution in [0.15, 0.2) is 69.1 Å². The third kappa shape index (κ3) is 3.38. The van der Waals surface area contributed by atoms with E-state index in [9.17, 15) is 0 Å². The van der Waals surface area contributed by atoms with Gasteiger partial charge in [0, 0.05) is 21.2 Å². The largest absolute Gasteiger partial charge is 0.351 e. The molecule has 1 aliphatic heterocycles. The van der Waals surface area contributed by atoms with Gasteiger partial charge in [-0.1, -0.05) is 22.0 Å². The Labute approximate surface area is 172 Å². The maximum atomic E-state index is 5.68. The highest BCUT2D eigenvalue weighted by molar-refractivity contribution is 9.11. The molecule has 0 radical (unpaired) electrons. The normalized spacial score (nSPS) is 19.9. The lowest BCUT2D eigenvalue weighted by Crippen LogP contribution is -2.28. The topological polar surface area (TPSA) is 28.2 Å². The molecule has 0 unspecified atom stereocenters. The van der Waals surface area contributed by atoms with Crippen molar-refractivity contribution in [2.75, 3.05) is 4.90 Å². The van der Waals surface area contributed by atoms with Gasteiger partial charge in [0.05, 0.1) is 21.6 Å². The van der Waals surface area contributed by atoms with E-state index >= 15 is 0 Å². The lowest BCUT2D eigenvalue weighted by molar-refractivity contribution is 0.575. The van der Waals surface area contributed by atoms with Gasteiger partial charge in [0.25, 0.3) is 0 Å². The summed E-state index contributed by atoms with van der Waals surface area (Å²) in [6.07, 6.45) is 1.82. The lowest BCUT2D eigenvalue weighted by atomic mass is 10.0. The predicted octanol–water partition coefficient (Wildman–Crippen LogP) is 5.85. The highest BCUT2D eigenvalue weighted by Crippen LogP contribution is 2.44. The molecular weight excluding hydrogens is 482 g/mol. The van der Waals surface area contributed by atoms with Gasteiger partial charge in [0.1, 0.15) is 0 Å². The number of hydrogen-bond donors (Lipinski definition) is 1. The number of benzene rings is 1. The van der Waals surface area contributed by atoms with E-state index in [-0.39, 0.29) is 12.1 Å².